The first-order chi connectivity index (χ1) is 8.96. The number of ether oxygens (including phenoxy) is 1. The number of H-pyrrole nitrogens is 1. The molecule has 3 rings (SSSR count). The second-order valence-corrected chi connectivity index (χ2v) is 5.82. The van der Waals surface area contributed by atoms with Gasteiger partial charge in [-0.2, -0.15) is 0 Å². The van der Waals surface area contributed by atoms with E-state index < -0.39 is 5.97 Å². The van der Waals surface area contributed by atoms with E-state index in [-0.39, 0.29) is 11.2 Å². The fourth-order valence-electron chi connectivity index (χ4n) is 2.28. The lowest BCUT2D eigenvalue weighted by atomic mass is 9.99. The number of hydrogen-bond donors (Lipinski definition) is 2. The standard InChI is InChI=1S/C12H13BrN4O2/c1-12(3-4-12)6-5-8(14)16-10(11(18)19-2)17-9(5)15-7(6)13/h3-4H2,1-2H3,(H3,14,15,16,17). The van der Waals surface area contributed by atoms with E-state index in [4.69, 9.17) is 5.73 Å². The van der Waals surface area contributed by atoms with Gasteiger partial charge in [0.05, 0.1) is 17.1 Å². The maximum atomic E-state index is 11.5. The molecule has 2 heterocycles. The Labute approximate surface area is 117 Å². The summed E-state index contributed by atoms with van der Waals surface area (Å²) in [6.45, 7) is 2.17. The fourth-order valence-corrected chi connectivity index (χ4v) is 3.14. The number of rotatable bonds is 2. The van der Waals surface area contributed by atoms with Crippen LogP contribution < -0.4 is 5.73 Å². The summed E-state index contributed by atoms with van der Waals surface area (Å²) < 4.78 is 5.46. The highest BCUT2D eigenvalue weighted by Crippen LogP contribution is 2.53. The summed E-state index contributed by atoms with van der Waals surface area (Å²) in [6, 6.07) is 0. The van der Waals surface area contributed by atoms with Crippen molar-refractivity contribution < 1.29 is 9.53 Å². The van der Waals surface area contributed by atoms with E-state index in [1.54, 1.807) is 0 Å². The number of nitrogens with two attached hydrogens (primary N) is 1. The first-order valence-corrected chi connectivity index (χ1v) is 6.69. The highest BCUT2D eigenvalue weighted by Gasteiger charge is 2.43. The number of methoxy groups -OCH3 is 1. The quantitative estimate of drug-likeness (QED) is 0.825. The summed E-state index contributed by atoms with van der Waals surface area (Å²) in [7, 11) is 1.29. The minimum absolute atomic E-state index is 0.0336. The average molecular weight is 325 g/mol. The molecule has 0 saturated heterocycles. The van der Waals surface area contributed by atoms with Crippen molar-refractivity contribution in [3.8, 4) is 0 Å². The minimum Gasteiger partial charge on any atom is -0.463 e. The van der Waals surface area contributed by atoms with Crippen molar-refractivity contribution in [1.82, 2.24) is 15.0 Å². The van der Waals surface area contributed by atoms with Gasteiger partial charge in [-0.15, -0.1) is 0 Å². The van der Waals surface area contributed by atoms with E-state index in [1.807, 2.05) is 0 Å². The third kappa shape index (κ3) is 1.80. The normalized spacial score (nSPS) is 16.6. The molecule has 0 bridgehead atoms. The Balaban J connectivity index is 2.26. The highest BCUT2D eigenvalue weighted by molar-refractivity contribution is 9.10. The van der Waals surface area contributed by atoms with Crippen LogP contribution in [0.5, 0.6) is 0 Å². The molecule has 100 valence electrons. The van der Waals surface area contributed by atoms with Gasteiger partial charge >= 0.3 is 5.97 Å². The number of carbonyl (C=O) groups is 1. The van der Waals surface area contributed by atoms with Crippen LogP contribution >= 0.6 is 15.9 Å². The summed E-state index contributed by atoms with van der Waals surface area (Å²) in [6.07, 6.45) is 2.22. The van der Waals surface area contributed by atoms with Crippen molar-refractivity contribution in [3.05, 3.63) is 16.0 Å². The molecule has 3 N–H and O–H groups in total. The summed E-state index contributed by atoms with van der Waals surface area (Å²) in [5.41, 5.74) is 7.75. The predicted molar refractivity (Wildman–Crippen MR) is 73.9 cm³/mol. The number of aromatic nitrogens is 3. The lowest BCUT2D eigenvalue weighted by molar-refractivity contribution is 0.0587. The molecule has 1 aliphatic rings. The summed E-state index contributed by atoms with van der Waals surface area (Å²) in [4.78, 5) is 22.8. The molecule has 0 aliphatic heterocycles. The molecule has 7 heteroatoms. The number of nitrogen functional groups attached to an aromatic ring is 1. The molecule has 1 fully saturated rings. The number of hydrogen-bond acceptors (Lipinski definition) is 5. The molecule has 1 saturated carbocycles. The fraction of sp³-hybridized carbons (Fsp3) is 0.417. The molecule has 0 amide bonds. The number of carbonyl (C=O) groups excluding carboxylic acids is 1. The largest absolute Gasteiger partial charge is 0.463 e. The van der Waals surface area contributed by atoms with Crippen LogP contribution in [0.15, 0.2) is 4.60 Å². The number of halogens is 1. The van der Waals surface area contributed by atoms with E-state index in [0.29, 0.717) is 11.5 Å². The van der Waals surface area contributed by atoms with Crippen LogP contribution in [0.3, 0.4) is 0 Å². The molecule has 19 heavy (non-hydrogen) atoms. The Morgan fingerprint density at radius 2 is 2.16 bits per heavy atom. The van der Waals surface area contributed by atoms with Gasteiger partial charge in [-0.05, 0) is 34.2 Å². The van der Waals surface area contributed by atoms with Gasteiger partial charge in [0.15, 0.2) is 0 Å². The summed E-state index contributed by atoms with van der Waals surface area (Å²) in [5, 5.41) is 0.791. The highest BCUT2D eigenvalue weighted by atomic mass is 79.9. The van der Waals surface area contributed by atoms with Crippen molar-refractivity contribution in [2.45, 2.75) is 25.2 Å². The van der Waals surface area contributed by atoms with Crippen molar-refractivity contribution in [1.29, 1.82) is 0 Å². The topological polar surface area (TPSA) is 93.9 Å². The van der Waals surface area contributed by atoms with E-state index in [0.717, 1.165) is 28.4 Å². The Morgan fingerprint density at radius 3 is 2.74 bits per heavy atom. The molecule has 0 aromatic carbocycles. The van der Waals surface area contributed by atoms with Gasteiger partial charge < -0.3 is 15.5 Å². The van der Waals surface area contributed by atoms with Gasteiger partial charge in [-0.1, -0.05) is 6.92 Å². The molecule has 0 unspecified atom stereocenters. The molecule has 6 nitrogen and oxygen atoms in total. The molecular weight excluding hydrogens is 312 g/mol. The van der Waals surface area contributed by atoms with Crippen molar-refractivity contribution >= 4 is 38.8 Å². The van der Waals surface area contributed by atoms with Crippen LogP contribution in [0.1, 0.15) is 35.9 Å². The van der Waals surface area contributed by atoms with Crippen molar-refractivity contribution in [3.63, 3.8) is 0 Å². The van der Waals surface area contributed by atoms with E-state index in [9.17, 15) is 4.79 Å². The zero-order valence-corrected chi connectivity index (χ0v) is 12.2. The number of nitrogens with zero attached hydrogens (tertiary/aromatic N) is 2. The summed E-state index contributed by atoms with van der Waals surface area (Å²) in [5.74, 6) is -0.331. The van der Waals surface area contributed by atoms with Crippen LogP contribution in [0, 0.1) is 0 Å². The maximum Gasteiger partial charge on any atom is 0.376 e. The third-order valence-corrected chi connectivity index (χ3v) is 4.20. The molecule has 2 aromatic heterocycles. The Morgan fingerprint density at radius 1 is 1.47 bits per heavy atom. The minimum atomic E-state index is -0.599. The zero-order chi connectivity index (χ0) is 13.8. The van der Waals surface area contributed by atoms with Crippen LogP contribution in [-0.4, -0.2) is 28.0 Å². The van der Waals surface area contributed by atoms with E-state index >= 15 is 0 Å². The van der Waals surface area contributed by atoms with Crippen LogP contribution in [0.2, 0.25) is 0 Å². The molecule has 0 atom stereocenters. The van der Waals surface area contributed by atoms with Crippen molar-refractivity contribution in [2.75, 3.05) is 12.8 Å². The maximum absolute atomic E-state index is 11.5. The van der Waals surface area contributed by atoms with Crippen LogP contribution in [0.4, 0.5) is 5.82 Å². The predicted octanol–water partition coefficient (Wildman–Crippen LogP) is 2.14. The molecule has 0 radical (unpaired) electrons. The van der Waals surface area contributed by atoms with Crippen LogP contribution in [-0.2, 0) is 10.2 Å². The van der Waals surface area contributed by atoms with Gasteiger partial charge in [0, 0.05) is 5.56 Å². The number of anilines is 1. The number of aromatic amines is 1. The lowest BCUT2D eigenvalue weighted by Gasteiger charge is -2.09. The molecule has 0 spiro atoms. The Hall–Kier alpha value is -1.63. The second kappa shape index (κ2) is 3.93. The SMILES string of the molecule is COC(=O)c1nc(N)c2c(C3(C)CC3)c(Br)[nH]c2n1. The summed E-state index contributed by atoms with van der Waals surface area (Å²) >= 11 is 3.50. The lowest BCUT2D eigenvalue weighted by Crippen LogP contribution is -2.10. The Kier molecular flexibility index (Phi) is 2.57. The van der Waals surface area contributed by atoms with Crippen LogP contribution in [0.25, 0.3) is 11.0 Å². The number of fused-ring (bicyclic) bond motifs is 1. The van der Waals surface area contributed by atoms with E-state index in [1.165, 1.54) is 7.11 Å². The van der Waals surface area contributed by atoms with E-state index in [2.05, 4.69) is 42.5 Å². The molecule has 2 aromatic rings. The zero-order valence-electron chi connectivity index (χ0n) is 10.6. The van der Waals surface area contributed by atoms with Crippen molar-refractivity contribution in [2.24, 2.45) is 0 Å². The second-order valence-electron chi connectivity index (χ2n) is 5.02. The van der Waals surface area contributed by atoms with Gasteiger partial charge in [0.1, 0.15) is 11.5 Å². The van der Waals surface area contributed by atoms with Gasteiger partial charge in [0.25, 0.3) is 0 Å². The number of nitrogens with one attached hydrogen (secondary N) is 1. The van der Waals surface area contributed by atoms with Gasteiger partial charge in [0.2, 0.25) is 5.82 Å². The Bertz CT molecular complexity index is 691. The first kappa shape index (κ1) is 12.4. The smallest absolute Gasteiger partial charge is 0.376 e. The van der Waals surface area contributed by atoms with Gasteiger partial charge in [-0.25, -0.2) is 14.8 Å². The molecular formula is C12H13BrN4O2. The van der Waals surface area contributed by atoms with Gasteiger partial charge in [-0.3, -0.25) is 0 Å². The third-order valence-electron chi connectivity index (χ3n) is 3.61. The average Bonchev–Trinajstić information content (AvgIpc) is 3.00. The first-order valence-electron chi connectivity index (χ1n) is 5.90. The monoisotopic (exact) mass is 324 g/mol. The molecule has 1 aliphatic carbocycles. The number of esters is 1.